The van der Waals surface area contributed by atoms with Crippen molar-refractivity contribution in [1.82, 2.24) is 5.32 Å². The first-order valence-corrected chi connectivity index (χ1v) is 6.69. The highest BCUT2D eigenvalue weighted by molar-refractivity contribution is 5.26. The van der Waals surface area contributed by atoms with Crippen LogP contribution in [0.1, 0.15) is 38.7 Å². The van der Waals surface area contributed by atoms with E-state index >= 15 is 0 Å². The summed E-state index contributed by atoms with van der Waals surface area (Å²) in [5.74, 6) is 0.979. The van der Waals surface area contributed by atoms with Crippen molar-refractivity contribution < 1.29 is 4.74 Å². The van der Waals surface area contributed by atoms with Crippen LogP contribution in [0.15, 0.2) is 24.3 Å². The monoisotopic (exact) mass is 235 g/mol. The summed E-state index contributed by atoms with van der Waals surface area (Å²) in [4.78, 5) is 0. The third-order valence-corrected chi connectivity index (χ3v) is 2.97. The van der Waals surface area contributed by atoms with Gasteiger partial charge in [-0.15, -0.1) is 0 Å². The number of hydrogen-bond acceptors (Lipinski definition) is 2. The molecule has 0 aliphatic carbocycles. The highest BCUT2D eigenvalue weighted by Gasteiger charge is 2.03. The lowest BCUT2D eigenvalue weighted by atomic mass is 10.1. The fourth-order valence-corrected chi connectivity index (χ4v) is 1.89. The first kappa shape index (κ1) is 14.0. The Morgan fingerprint density at radius 2 is 1.88 bits per heavy atom. The molecular weight excluding hydrogens is 210 g/mol. The van der Waals surface area contributed by atoms with Crippen molar-refractivity contribution in [2.45, 2.75) is 46.1 Å². The first-order chi connectivity index (χ1) is 8.26. The molecule has 0 aliphatic rings. The minimum absolute atomic E-state index is 0.640. The van der Waals surface area contributed by atoms with Crippen molar-refractivity contribution in [3.8, 4) is 5.75 Å². The predicted octanol–water partition coefficient (Wildman–Crippen LogP) is 3.54. The molecule has 1 unspecified atom stereocenters. The maximum atomic E-state index is 5.71. The van der Waals surface area contributed by atoms with Crippen LogP contribution in [-0.2, 0) is 0 Å². The van der Waals surface area contributed by atoms with E-state index < -0.39 is 0 Å². The number of benzene rings is 1. The highest BCUT2D eigenvalue weighted by atomic mass is 16.5. The molecule has 0 aromatic heterocycles. The van der Waals surface area contributed by atoms with E-state index in [-0.39, 0.29) is 0 Å². The van der Waals surface area contributed by atoms with Gasteiger partial charge in [-0.05, 0) is 44.9 Å². The Kier molecular flexibility index (Phi) is 6.71. The van der Waals surface area contributed by atoms with Gasteiger partial charge in [-0.25, -0.2) is 0 Å². The minimum atomic E-state index is 0.640. The van der Waals surface area contributed by atoms with Crippen LogP contribution in [0, 0.1) is 6.92 Å². The van der Waals surface area contributed by atoms with Gasteiger partial charge in [0.25, 0.3) is 0 Å². The topological polar surface area (TPSA) is 21.3 Å². The Hall–Kier alpha value is -1.02. The molecule has 0 spiro atoms. The Labute approximate surface area is 105 Å². The van der Waals surface area contributed by atoms with E-state index in [0.717, 1.165) is 25.3 Å². The molecule has 0 saturated carbocycles. The van der Waals surface area contributed by atoms with Crippen molar-refractivity contribution >= 4 is 0 Å². The van der Waals surface area contributed by atoms with Crippen molar-refractivity contribution in [3.05, 3.63) is 29.8 Å². The summed E-state index contributed by atoms with van der Waals surface area (Å²) < 4.78 is 5.71. The molecule has 0 fully saturated rings. The van der Waals surface area contributed by atoms with Gasteiger partial charge in [0, 0.05) is 6.04 Å². The quantitative estimate of drug-likeness (QED) is 0.696. The molecule has 17 heavy (non-hydrogen) atoms. The third-order valence-electron chi connectivity index (χ3n) is 2.97. The van der Waals surface area contributed by atoms with Crippen molar-refractivity contribution in [3.63, 3.8) is 0 Å². The summed E-state index contributed by atoms with van der Waals surface area (Å²) in [6.07, 6.45) is 3.49. The van der Waals surface area contributed by atoms with E-state index in [2.05, 4.69) is 38.2 Å². The maximum absolute atomic E-state index is 5.71. The molecule has 1 atom stereocenters. The molecule has 2 nitrogen and oxygen atoms in total. The average Bonchev–Trinajstić information content (AvgIpc) is 2.35. The number of nitrogens with one attached hydrogen (secondary N) is 1. The SMILES string of the molecule is CCNC(CC)CCCOc1ccc(C)cc1. The number of rotatable bonds is 8. The van der Waals surface area contributed by atoms with Crippen LogP contribution in [0.2, 0.25) is 0 Å². The largest absolute Gasteiger partial charge is 0.494 e. The zero-order valence-electron chi connectivity index (χ0n) is 11.3. The summed E-state index contributed by atoms with van der Waals surface area (Å²) in [6.45, 7) is 8.34. The molecule has 1 aromatic rings. The van der Waals surface area contributed by atoms with Crippen molar-refractivity contribution in [2.24, 2.45) is 0 Å². The van der Waals surface area contributed by atoms with Crippen LogP contribution in [0.25, 0.3) is 0 Å². The van der Waals surface area contributed by atoms with Crippen LogP contribution in [0.4, 0.5) is 0 Å². The second kappa shape index (κ2) is 8.13. The number of aryl methyl sites for hydroxylation is 1. The van der Waals surface area contributed by atoms with Crippen molar-refractivity contribution in [1.29, 1.82) is 0 Å². The van der Waals surface area contributed by atoms with Gasteiger partial charge in [-0.1, -0.05) is 31.5 Å². The van der Waals surface area contributed by atoms with E-state index in [0.29, 0.717) is 6.04 Å². The molecule has 0 radical (unpaired) electrons. The minimum Gasteiger partial charge on any atom is -0.494 e. The van der Waals surface area contributed by atoms with Crippen LogP contribution in [0.3, 0.4) is 0 Å². The lowest BCUT2D eigenvalue weighted by Gasteiger charge is -2.15. The summed E-state index contributed by atoms with van der Waals surface area (Å²) in [7, 11) is 0. The summed E-state index contributed by atoms with van der Waals surface area (Å²) in [5, 5.41) is 3.48. The summed E-state index contributed by atoms with van der Waals surface area (Å²) in [5.41, 5.74) is 1.27. The van der Waals surface area contributed by atoms with E-state index in [9.17, 15) is 0 Å². The molecule has 1 aromatic carbocycles. The molecule has 0 amide bonds. The van der Waals surface area contributed by atoms with Crippen LogP contribution >= 0.6 is 0 Å². The fourth-order valence-electron chi connectivity index (χ4n) is 1.89. The Morgan fingerprint density at radius 3 is 2.47 bits per heavy atom. The number of ether oxygens (including phenoxy) is 1. The molecule has 1 N–H and O–H groups in total. The molecule has 0 saturated heterocycles. The molecule has 1 rings (SSSR count). The van der Waals surface area contributed by atoms with E-state index in [4.69, 9.17) is 4.74 Å². The smallest absolute Gasteiger partial charge is 0.119 e. The normalized spacial score (nSPS) is 12.4. The molecule has 0 bridgehead atoms. The van der Waals surface area contributed by atoms with Crippen molar-refractivity contribution in [2.75, 3.05) is 13.2 Å². The second-order valence-corrected chi connectivity index (χ2v) is 4.47. The molecular formula is C15H25NO. The van der Waals surface area contributed by atoms with Gasteiger partial charge in [0.2, 0.25) is 0 Å². The fraction of sp³-hybridized carbons (Fsp3) is 0.600. The maximum Gasteiger partial charge on any atom is 0.119 e. The van der Waals surface area contributed by atoms with Gasteiger partial charge >= 0.3 is 0 Å². The summed E-state index contributed by atoms with van der Waals surface area (Å²) >= 11 is 0. The zero-order valence-corrected chi connectivity index (χ0v) is 11.3. The Morgan fingerprint density at radius 1 is 1.18 bits per heavy atom. The van der Waals surface area contributed by atoms with Gasteiger partial charge in [0.05, 0.1) is 6.61 Å². The third kappa shape index (κ3) is 5.73. The van der Waals surface area contributed by atoms with E-state index in [1.54, 1.807) is 0 Å². The van der Waals surface area contributed by atoms with Gasteiger partial charge in [-0.3, -0.25) is 0 Å². The lowest BCUT2D eigenvalue weighted by Crippen LogP contribution is -2.28. The Bertz CT molecular complexity index is 294. The highest BCUT2D eigenvalue weighted by Crippen LogP contribution is 2.12. The number of hydrogen-bond donors (Lipinski definition) is 1. The Balaban J connectivity index is 2.17. The van der Waals surface area contributed by atoms with Gasteiger partial charge in [-0.2, -0.15) is 0 Å². The zero-order chi connectivity index (χ0) is 12.5. The first-order valence-electron chi connectivity index (χ1n) is 6.69. The average molecular weight is 235 g/mol. The molecule has 96 valence electrons. The van der Waals surface area contributed by atoms with Crippen LogP contribution in [-0.4, -0.2) is 19.2 Å². The van der Waals surface area contributed by atoms with Gasteiger partial charge < -0.3 is 10.1 Å². The van der Waals surface area contributed by atoms with Crippen LogP contribution < -0.4 is 10.1 Å². The molecule has 0 aliphatic heterocycles. The second-order valence-electron chi connectivity index (χ2n) is 4.47. The predicted molar refractivity (Wildman–Crippen MR) is 73.7 cm³/mol. The standard InChI is InChI=1S/C15H25NO/c1-4-14(16-5-2)7-6-12-17-15-10-8-13(3)9-11-15/h8-11,14,16H,4-7,12H2,1-3H3. The molecule has 2 heteroatoms. The molecule has 0 heterocycles. The summed E-state index contributed by atoms with van der Waals surface area (Å²) in [6, 6.07) is 8.89. The van der Waals surface area contributed by atoms with Gasteiger partial charge in [0.1, 0.15) is 5.75 Å². The van der Waals surface area contributed by atoms with Crippen LogP contribution in [0.5, 0.6) is 5.75 Å². The lowest BCUT2D eigenvalue weighted by molar-refractivity contribution is 0.295. The van der Waals surface area contributed by atoms with E-state index in [1.165, 1.54) is 18.4 Å². The van der Waals surface area contributed by atoms with E-state index in [1.807, 2.05) is 12.1 Å². The van der Waals surface area contributed by atoms with Gasteiger partial charge in [0.15, 0.2) is 0 Å².